The van der Waals surface area contributed by atoms with E-state index >= 15 is 0 Å². The van der Waals surface area contributed by atoms with Crippen LogP contribution in [0.15, 0.2) is 48.5 Å². The lowest BCUT2D eigenvalue weighted by molar-refractivity contribution is 0.0980. The first-order valence-corrected chi connectivity index (χ1v) is 13.3. The van der Waals surface area contributed by atoms with Crippen LogP contribution in [0.2, 0.25) is 0 Å². The number of rotatable bonds is 10. The maximum absolute atomic E-state index is 12.4. The predicted molar refractivity (Wildman–Crippen MR) is 128 cm³/mol. The van der Waals surface area contributed by atoms with Gasteiger partial charge in [0.25, 0.3) is 5.91 Å². The van der Waals surface area contributed by atoms with E-state index in [-0.39, 0.29) is 5.75 Å². The Balaban J connectivity index is 1.44. The Bertz CT molecular complexity index is 960. The smallest absolute Gasteiger partial charge is 0.264 e. The highest BCUT2D eigenvalue weighted by molar-refractivity contribution is 7.90. The van der Waals surface area contributed by atoms with Crippen molar-refractivity contribution in [2.24, 2.45) is 5.92 Å². The number of hydrogen-bond donors (Lipinski definition) is 1. The molecule has 0 spiro atoms. The van der Waals surface area contributed by atoms with Crippen LogP contribution in [0.4, 0.5) is 0 Å². The Labute approximate surface area is 192 Å². The quantitative estimate of drug-likeness (QED) is 0.507. The van der Waals surface area contributed by atoms with Crippen molar-refractivity contribution < 1.29 is 17.9 Å². The molecular weight excluding hydrogens is 422 g/mol. The normalized spacial score (nSPS) is 15.1. The van der Waals surface area contributed by atoms with Gasteiger partial charge < -0.3 is 4.74 Å². The number of nitrogens with one attached hydrogen (secondary N) is 1. The summed E-state index contributed by atoms with van der Waals surface area (Å²) in [5, 5.41) is 0. The molecule has 2 aromatic carbocycles. The van der Waals surface area contributed by atoms with Crippen molar-refractivity contribution in [1.29, 1.82) is 0 Å². The number of carbonyl (C=O) groups is 1. The van der Waals surface area contributed by atoms with E-state index in [9.17, 15) is 13.2 Å². The summed E-state index contributed by atoms with van der Waals surface area (Å²) in [4.78, 5) is 12.4. The Morgan fingerprint density at radius 1 is 0.938 bits per heavy atom. The Kier molecular flexibility index (Phi) is 8.88. The maximum atomic E-state index is 12.4. The molecule has 0 aromatic heterocycles. The SMILES string of the molecule is CC(C)c1ccc(COCc2ccc(C(=O)NS(=O)(=O)CCC3CCCCC3)cc2)cc1. The van der Waals surface area contributed by atoms with E-state index in [4.69, 9.17) is 4.74 Å². The van der Waals surface area contributed by atoms with Crippen molar-refractivity contribution in [3.8, 4) is 0 Å². The van der Waals surface area contributed by atoms with E-state index in [1.54, 1.807) is 24.3 Å². The molecule has 1 fully saturated rings. The second-order valence-electron chi connectivity index (χ2n) is 9.13. The van der Waals surface area contributed by atoms with Crippen LogP contribution in [0, 0.1) is 5.92 Å². The van der Waals surface area contributed by atoms with Gasteiger partial charge in [-0.2, -0.15) is 0 Å². The first kappa shape index (κ1) is 24.5. The van der Waals surface area contributed by atoms with Gasteiger partial charge in [-0.05, 0) is 47.1 Å². The van der Waals surface area contributed by atoms with Gasteiger partial charge in [0.05, 0.1) is 19.0 Å². The van der Waals surface area contributed by atoms with Gasteiger partial charge in [-0.3, -0.25) is 4.79 Å². The Morgan fingerprint density at radius 3 is 2.06 bits per heavy atom. The predicted octanol–water partition coefficient (Wildman–Crippen LogP) is 5.56. The molecule has 0 radical (unpaired) electrons. The Hall–Kier alpha value is -2.18. The van der Waals surface area contributed by atoms with Crippen molar-refractivity contribution in [3.05, 3.63) is 70.8 Å². The Morgan fingerprint density at radius 2 is 1.50 bits per heavy atom. The summed E-state index contributed by atoms with van der Waals surface area (Å²) in [7, 11) is -3.62. The van der Waals surface area contributed by atoms with Crippen LogP contribution in [0.1, 0.15) is 85.3 Å². The third-order valence-electron chi connectivity index (χ3n) is 6.17. The molecule has 0 heterocycles. The largest absolute Gasteiger partial charge is 0.372 e. The van der Waals surface area contributed by atoms with Gasteiger partial charge >= 0.3 is 0 Å². The highest BCUT2D eigenvalue weighted by Crippen LogP contribution is 2.26. The van der Waals surface area contributed by atoms with E-state index in [0.29, 0.717) is 37.0 Å². The van der Waals surface area contributed by atoms with Crippen molar-refractivity contribution in [3.63, 3.8) is 0 Å². The molecule has 1 aliphatic rings. The zero-order chi connectivity index (χ0) is 23.0. The third kappa shape index (κ3) is 7.75. The monoisotopic (exact) mass is 457 g/mol. The topological polar surface area (TPSA) is 72.5 Å². The number of carbonyl (C=O) groups excluding carboxylic acids is 1. The summed E-state index contributed by atoms with van der Waals surface area (Å²) < 4.78 is 32.6. The van der Waals surface area contributed by atoms with Crippen LogP contribution in [0.25, 0.3) is 0 Å². The van der Waals surface area contributed by atoms with Gasteiger partial charge in [0, 0.05) is 5.56 Å². The van der Waals surface area contributed by atoms with Gasteiger partial charge in [0.2, 0.25) is 10.0 Å². The van der Waals surface area contributed by atoms with E-state index in [0.717, 1.165) is 24.0 Å². The van der Waals surface area contributed by atoms with E-state index in [1.807, 2.05) is 0 Å². The summed E-state index contributed by atoms with van der Waals surface area (Å²) in [5.74, 6) is 0.398. The number of amides is 1. The maximum Gasteiger partial charge on any atom is 0.264 e. The molecule has 6 heteroatoms. The molecular formula is C26H35NO4S. The highest BCUT2D eigenvalue weighted by atomic mass is 32.2. The molecule has 3 rings (SSSR count). The summed E-state index contributed by atoms with van der Waals surface area (Å²) in [5.41, 5.74) is 3.68. The zero-order valence-electron chi connectivity index (χ0n) is 19.2. The van der Waals surface area contributed by atoms with Crippen molar-refractivity contribution >= 4 is 15.9 Å². The molecule has 1 aliphatic carbocycles. The van der Waals surface area contributed by atoms with Gasteiger partial charge in [-0.25, -0.2) is 13.1 Å². The minimum Gasteiger partial charge on any atom is -0.372 e. The number of benzene rings is 2. The summed E-state index contributed by atoms with van der Waals surface area (Å²) in [6, 6.07) is 15.3. The molecule has 0 unspecified atom stereocenters. The lowest BCUT2D eigenvalue weighted by atomic mass is 9.88. The molecule has 2 aromatic rings. The molecule has 174 valence electrons. The molecule has 0 atom stereocenters. The molecule has 32 heavy (non-hydrogen) atoms. The van der Waals surface area contributed by atoms with E-state index in [1.165, 1.54) is 24.8 Å². The molecule has 1 N–H and O–H groups in total. The molecule has 1 amide bonds. The second-order valence-corrected chi connectivity index (χ2v) is 11.0. The minimum atomic E-state index is -3.62. The first-order chi connectivity index (χ1) is 15.3. The van der Waals surface area contributed by atoms with Gasteiger partial charge in [0.1, 0.15) is 0 Å². The average molecular weight is 458 g/mol. The fourth-order valence-electron chi connectivity index (χ4n) is 4.09. The summed E-state index contributed by atoms with van der Waals surface area (Å²) in [6.45, 7) is 5.28. The van der Waals surface area contributed by atoms with Crippen molar-refractivity contribution in [2.45, 2.75) is 71.5 Å². The van der Waals surface area contributed by atoms with Gasteiger partial charge in [-0.1, -0.05) is 82.3 Å². The number of ether oxygens (including phenoxy) is 1. The molecule has 0 aliphatic heterocycles. The van der Waals surface area contributed by atoms with Crippen molar-refractivity contribution in [2.75, 3.05) is 5.75 Å². The van der Waals surface area contributed by atoms with Crippen LogP contribution in [-0.2, 0) is 28.0 Å². The van der Waals surface area contributed by atoms with Crippen LogP contribution in [-0.4, -0.2) is 20.1 Å². The fourth-order valence-corrected chi connectivity index (χ4v) is 5.23. The highest BCUT2D eigenvalue weighted by Gasteiger charge is 2.20. The summed E-state index contributed by atoms with van der Waals surface area (Å²) in [6.07, 6.45) is 6.41. The zero-order valence-corrected chi connectivity index (χ0v) is 20.0. The van der Waals surface area contributed by atoms with Gasteiger partial charge in [-0.15, -0.1) is 0 Å². The lowest BCUT2D eigenvalue weighted by Crippen LogP contribution is -2.33. The van der Waals surface area contributed by atoms with E-state index < -0.39 is 15.9 Å². The molecule has 0 saturated heterocycles. The van der Waals surface area contributed by atoms with Gasteiger partial charge in [0.15, 0.2) is 0 Å². The molecule has 5 nitrogen and oxygen atoms in total. The van der Waals surface area contributed by atoms with Crippen LogP contribution in [0.5, 0.6) is 0 Å². The number of sulfonamides is 1. The van der Waals surface area contributed by atoms with Crippen LogP contribution < -0.4 is 4.72 Å². The van der Waals surface area contributed by atoms with Crippen LogP contribution >= 0.6 is 0 Å². The molecule has 0 bridgehead atoms. The lowest BCUT2D eigenvalue weighted by Gasteiger charge is -2.21. The second kappa shape index (κ2) is 11.6. The minimum absolute atomic E-state index is 0.00742. The molecule has 1 saturated carbocycles. The fraction of sp³-hybridized carbons (Fsp3) is 0.500. The van der Waals surface area contributed by atoms with Crippen molar-refractivity contribution in [1.82, 2.24) is 4.72 Å². The van der Waals surface area contributed by atoms with E-state index in [2.05, 4.69) is 42.8 Å². The third-order valence-corrected chi connectivity index (χ3v) is 7.44. The number of hydrogen-bond acceptors (Lipinski definition) is 4. The first-order valence-electron chi connectivity index (χ1n) is 11.6. The summed E-state index contributed by atoms with van der Waals surface area (Å²) >= 11 is 0. The average Bonchev–Trinajstić information content (AvgIpc) is 2.79. The van der Waals surface area contributed by atoms with Crippen LogP contribution in [0.3, 0.4) is 0 Å². The standard InChI is InChI=1S/C26H35NO4S/c1-20(2)24-12-8-22(9-13-24)18-31-19-23-10-14-25(15-11-23)26(28)27-32(29,30)17-16-21-6-4-3-5-7-21/h8-15,20-21H,3-7,16-19H2,1-2H3,(H,27,28).